The second-order valence-electron chi connectivity index (χ2n) is 7.80. The number of unbranched alkanes of at least 4 members (excludes halogenated alkanes) is 1. The largest absolute Gasteiger partial charge is 0.459 e. The molecule has 1 atom stereocenters. The van der Waals surface area contributed by atoms with E-state index < -0.39 is 0 Å². The van der Waals surface area contributed by atoms with Gasteiger partial charge in [-0.2, -0.15) is 0 Å². The number of nitrogens with zero attached hydrogens (tertiary/aromatic N) is 5. The Bertz CT molecular complexity index is 916. The Balaban J connectivity index is 1.46. The highest BCUT2D eigenvalue weighted by Crippen LogP contribution is 2.16. The minimum absolute atomic E-state index is 0.0296. The number of piperazine rings is 1. The Morgan fingerprint density at radius 2 is 1.97 bits per heavy atom. The van der Waals surface area contributed by atoms with E-state index in [4.69, 9.17) is 4.42 Å². The van der Waals surface area contributed by atoms with E-state index in [-0.39, 0.29) is 11.9 Å². The molecular weight excluding hydrogens is 380 g/mol. The van der Waals surface area contributed by atoms with Crippen molar-refractivity contribution in [3.8, 4) is 0 Å². The van der Waals surface area contributed by atoms with Crippen LogP contribution in [0.25, 0.3) is 0 Å². The highest BCUT2D eigenvalue weighted by atomic mass is 16.3. The average molecular weight is 410 g/mol. The third kappa shape index (κ3) is 4.59. The van der Waals surface area contributed by atoms with Gasteiger partial charge >= 0.3 is 0 Å². The molecule has 3 heterocycles. The van der Waals surface area contributed by atoms with Crippen molar-refractivity contribution < 1.29 is 14.1 Å². The molecule has 0 spiro atoms. The lowest BCUT2D eigenvalue weighted by atomic mass is 10.1. The Hall–Kier alpha value is -3.00. The number of carbonyl (C=O) groups excluding carboxylic acids is 1. The van der Waals surface area contributed by atoms with Gasteiger partial charge in [0.1, 0.15) is 6.04 Å². The summed E-state index contributed by atoms with van der Waals surface area (Å²) in [4.78, 5) is 15.9. The summed E-state index contributed by atoms with van der Waals surface area (Å²) in [5.74, 6) is 1.32. The Morgan fingerprint density at radius 3 is 2.67 bits per heavy atom. The maximum atomic E-state index is 12.6. The van der Waals surface area contributed by atoms with E-state index >= 15 is 0 Å². The van der Waals surface area contributed by atoms with E-state index in [1.165, 1.54) is 10.5 Å². The second-order valence-corrected chi connectivity index (χ2v) is 7.80. The molecule has 0 bridgehead atoms. The number of carbonyl (C=O) groups is 1. The van der Waals surface area contributed by atoms with Crippen molar-refractivity contribution in [2.45, 2.75) is 38.8 Å². The molecule has 4 rings (SSSR count). The number of amides is 1. The van der Waals surface area contributed by atoms with Crippen molar-refractivity contribution in [3.05, 3.63) is 65.9 Å². The molecule has 3 aromatic rings. The Morgan fingerprint density at radius 1 is 1.17 bits per heavy atom. The monoisotopic (exact) mass is 409 g/mol. The molecule has 1 aliphatic heterocycles. The van der Waals surface area contributed by atoms with E-state index in [1.807, 2.05) is 27.8 Å². The zero-order valence-corrected chi connectivity index (χ0v) is 17.4. The van der Waals surface area contributed by atoms with Gasteiger partial charge in [-0.3, -0.25) is 4.79 Å². The van der Waals surface area contributed by atoms with Gasteiger partial charge in [0.05, 0.1) is 39.0 Å². The van der Waals surface area contributed by atoms with Crippen LogP contribution in [-0.4, -0.2) is 57.2 Å². The summed E-state index contributed by atoms with van der Waals surface area (Å²) < 4.78 is 7.21. The molecule has 2 aromatic heterocycles. The number of furan rings is 1. The molecule has 0 radical (unpaired) electrons. The topological polar surface area (TPSA) is 81.5 Å². The highest BCUT2D eigenvalue weighted by Gasteiger charge is 2.34. The molecule has 0 saturated carbocycles. The first-order chi connectivity index (χ1) is 14.8. The average Bonchev–Trinajstić information content (AvgIpc) is 3.48. The van der Waals surface area contributed by atoms with Crippen molar-refractivity contribution in [2.24, 2.45) is 0 Å². The molecular formula is C22H29N6O2+. The summed E-state index contributed by atoms with van der Waals surface area (Å²) in [5, 5.41) is 12.7. The maximum absolute atomic E-state index is 12.6. The zero-order valence-electron chi connectivity index (χ0n) is 17.4. The zero-order chi connectivity index (χ0) is 20.8. The molecule has 8 nitrogen and oxygen atoms in total. The molecule has 158 valence electrons. The minimum Gasteiger partial charge on any atom is -0.459 e. The lowest BCUT2D eigenvalue weighted by molar-refractivity contribution is -0.936. The molecule has 0 unspecified atom stereocenters. The van der Waals surface area contributed by atoms with E-state index in [9.17, 15) is 4.79 Å². The number of nitrogens with one attached hydrogen (secondary N) is 1. The standard InChI is InChI=1S/C22H28N6O2/c1-2-3-10-19(21-23-24-25-28(21)17-18-8-5-4-6-9-18)26-12-14-27(15-13-26)22(29)20-11-7-16-30-20/h4-9,11,16,19H,2-3,10,12-15,17H2,1H3/p+1/t19-/m1/s1. The maximum Gasteiger partial charge on any atom is 0.289 e. The SMILES string of the molecule is CCCC[C@H](c1nnnn1Cc1ccccc1)[NH+]1CCN(C(=O)c2ccco2)CC1. The summed E-state index contributed by atoms with van der Waals surface area (Å²) in [6.07, 6.45) is 4.84. The first-order valence-corrected chi connectivity index (χ1v) is 10.7. The number of quaternary nitrogens is 1. The van der Waals surface area contributed by atoms with Crippen LogP contribution in [0, 0.1) is 0 Å². The van der Waals surface area contributed by atoms with Crippen molar-refractivity contribution in [3.63, 3.8) is 0 Å². The van der Waals surface area contributed by atoms with Crippen LogP contribution in [0.15, 0.2) is 53.1 Å². The molecule has 8 heteroatoms. The molecule has 0 aliphatic carbocycles. The summed E-state index contributed by atoms with van der Waals surface area (Å²) in [7, 11) is 0. The lowest BCUT2D eigenvalue weighted by Gasteiger charge is -2.35. The van der Waals surface area contributed by atoms with Gasteiger partial charge < -0.3 is 14.2 Å². The summed E-state index contributed by atoms with van der Waals surface area (Å²) in [5.41, 5.74) is 1.18. The molecule has 1 fully saturated rings. The van der Waals surface area contributed by atoms with Crippen LogP contribution in [0.4, 0.5) is 0 Å². The van der Waals surface area contributed by atoms with Crippen LogP contribution < -0.4 is 4.90 Å². The molecule has 1 saturated heterocycles. The van der Waals surface area contributed by atoms with E-state index in [2.05, 4.69) is 34.6 Å². The number of hydrogen-bond acceptors (Lipinski definition) is 5. The van der Waals surface area contributed by atoms with Gasteiger partial charge in [-0.25, -0.2) is 4.68 Å². The van der Waals surface area contributed by atoms with Crippen LogP contribution in [0.3, 0.4) is 0 Å². The molecule has 1 aromatic carbocycles. The number of benzene rings is 1. The van der Waals surface area contributed by atoms with Crippen molar-refractivity contribution in [1.82, 2.24) is 25.1 Å². The highest BCUT2D eigenvalue weighted by molar-refractivity contribution is 5.91. The van der Waals surface area contributed by atoms with Crippen molar-refractivity contribution >= 4 is 5.91 Å². The fraction of sp³-hybridized carbons (Fsp3) is 0.455. The van der Waals surface area contributed by atoms with E-state index in [0.717, 1.165) is 38.2 Å². The van der Waals surface area contributed by atoms with Gasteiger partial charge in [0.2, 0.25) is 5.82 Å². The Labute approximate surface area is 176 Å². The number of hydrogen-bond donors (Lipinski definition) is 1. The van der Waals surface area contributed by atoms with E-state index in [1.54, 1.807) is 18.4 Å². The van der Waals surface area contributed by atoms with Gasteiger partial charge in [0, 0.05) is 6.42 Å². The van der Waals surface area contributed by atoms with Gasteiger partial charge in [0.15, 0.2) is 5.76 Å². The fourth-order valence-electron chi connectivity index (χ4n) is 4.16. The molecule has 1 N–H and O–H groups in total. The smallest absolute Gasteiger partial charge is 0.289 e. The van der Waals surface area contributed by atoms with Crippen LogP contribution in [-0.2, 0) is 6.54 Å². The van der Waals surface area contributed by atoms with Crippen molar-refractivity contribution in [1.29, 1.82) is 0 Å². The normalized spacial score (nSPS) is 16.0. The lowest BCUT2D eigenvalue weighted by Crippen LogP contribution is -3.15. The third-order valence-corrected chi connectivity index (χ3v) is 5.81. The number of rotatable bonds is 8. The predicted octanol–water partition coefficient (Wildman–Crippen LogP) is 1.59. The third-order valence-electron chi connectivity index (χ3n) is 5.81. The minimum atomic E-state index is -0.0296. The van der Waals surface area contributed by atoms with E-state index in [0.29, 0.717) is 25.4 Å². The fourth-order valence-corrected chi connectivity index (χ4v) is 4.16. The van der Waals surface area contributed by atoms with Crippen molar-refractivity contribution in [2.75, 3.05) is 26.2 Å². The summed E-state index contributed by atoms with van der Waals surface area (Å²) in [6, 6.07) is 14.0. The first kappa shape index (κ1) is 20.3. The Kier molecular flexibility index (Phi) is 6.53. The summed E-state index contributed by atoms with van der Waals surface area (Å²) in [6.45, 7) is 6.04. The number of aromatic nitrogens is 4. The molecule has 30 heavy (non-hydrogen) atoms. The molecule has 1 amide bonds. The van der Waals surface area contributed by atoms with Crippen LogP contribution in [0.1, 0.15) is 54.2 Å². The van der Waals surface area contributed by atoms with Crippen LogP contribution >= 0.6 is 0 Å². The predicted molar refractivity (Wildman–Crippen MR) is 111 cm³/mol. The van der Waals surface area contributed by atoms with Gasteiger partial charge in [0.25, 0.3) is 5.91 Å². The van der Waals surface area contributed by atoms with Gasteiger partial charge in [-0.15, -0.1) is 5.10 Å². The molecule has 1 aliphatic rings. The number of tetrazole rings is 1. The van der Waals surface area contributed by atoms with Gasteiger partial charge in [-0.1, -0.05) is 43.7 Å². The van der Waals surface area contributed by atoms with Gasteiger partial charge in [-0.05, 0) is 34.5 Å². The second kappa shape index (κ2) is 9.67. The first-order valence-electron chi connectivity index (χ1n) is 10.7. The quantitative estimate of drug-likeness (QED) is 0.611. The van der Waals surface area contributed by atoms with Crippen LogP contribution in [0.2, 0.25) is 0 Å². The summed E-state index contributed by atoms with van der Waals surface area (Å²) >= 11 is 0. The van der Waals surface area contributed by atoms with Crippen LogP contribution in [0.5, 0.6) is 0 Å².